The average molecular weight is 690 g/mol. The molecule has 0 atom stereocenters. The highest BCUT2D eigenvalue weighted by molar-refractivity contribution is 6.06. The van der Waals surface area contributed by atoms with Gasteiger partial charge >= 0.3 is 0 Å². The normalized spacial score (nSPS) is 12.8. The number of benzene rings is 9. The molecule has 0 N–H and O–H groups in total. The van der Waals surface area contributed by atoms with Crippen molar-refractivity contribution in [3.63, 3.8) is 0 Å². The van der Waals surface area contributed by atoms with E-state index in [0.717, 1.165) is 11.4 Å². The lowest BCUT2D eigenvalue weighted by Crippen LogP contribution is -2.17. The molecule has 0 saturated heterocycles. The van der Waals surface area contributed by atoms with E-state index >= 15 is 0 Å². The Morgan fingerprint density at radius 2 is 0.870 bits per heavy atom. The number of para-hydroxylation sites is 1. The Labute approximate surface area is 317 Å². The number of anilines is 3. The molecule has 54 heavy (non-hydrogen) atoms. The third-order valence-electron chi connectivity index (χ3n) is 11.5. The van der Waals surface area contributed by atoms with E-state index in [1.807, 2.05) is 0 Å². The van der Waals surface area contributed by atoms with Crippen LogP contribution in [0.1, 0.15) is 25.0 Å². The highest BCUT2D eigenvalue weighted by Gasteiger charge is 2.36. The molecule has 0 heterocycles. The Kier molecular flexibility index (Phi) is 7.56. The lowest BCUT2D eigenvalue weighted by molar-refractivity contribution is 0.660. The van der Waals surface area contributed by atoms with Gasteiger partial charge in [0, 0.05) is 22.2 Å². The average Bonchev–Trinajstić information content (AvgIpc) is 3.46. The molecule has 0 aromatic heterocycles. The van der Waals surface area contributed by atoms with Crippen LogP contribution in [0.3, 0.4) is 0 Å². The van der Waals surface area contributed by atoms with Crippen molar-refractivity contribution >= 4 is 38.6 Å². The quantitative estimate of drug-likeness (QED) is 0.168. The van der Waals surface area contributed by atoms with Crippen molar-refractivity contribution in [3.05, 3.63) is 211 Å². The maximum absolute atomic E-state index is 2.43. The largest absolute Gasteiger partial charge is 0.310 e. The molecule has 256 valence electrons. The Hall–Kier alpha value is -6.70. The summed E-state index contributed by atoms with van der Waals surface area (Å²) < 4.78 is 0. The molecule has 0 saturated carbocycles. The zero-order chi connectivity index (χ0) is 36.2. The number of rotatable bonds is 6. The summed E-state index contributed by atoms with van der Waals surface area (Å²) in [5.41, 5.74) is 16.1. The van der Waals surface area contributed by atoms with E-state index < -0.39 is 0 Å². The first-order valence-electron chi connectivity index (χ1n) is 18.8. The maximum atomic E-state index is 2.43. The lowest BCUT2D eigenvalue weighted by atomic mass is 9.81. The van der Waals surface area contributed by atoms with Gasteiger partial charge in [0.1, 0.15) is 0 Å². The second kappa shape index (κ2) is 12.8. The topological polar surface area (TPSA) is 3.24 Å². The summed E-state index contributed by atoms with van der Waals surface area (Å²) >= 11 is 0. The van der Waals surface area contributed by atoms with Crippen molar-refractivity contribution in [3.8, 4) is 44.5 Å². The number of fused-ring (bicyclic) bond motifs is 5. The summed E-state index contributed by atoms with van der Waals surface area (Å²) in [5.74, 6) is 0. The summed E-state index contributed by atoms with van der Waals surface area (Å²) in [6, 6.07) is 73.3. The Balaban J connectivity index is 1.04. The highest BCUT2D eigenvalue weighted by atomic mass is 15.1. The second-order valence-corrected chi connectivity index (χ2v) is 14.9. The van der Waals surface area contributed by atoms with E-state index in [-0.39, 0.29) is 5.41 Å². The van der Waals surface area contributed by atoms with Crippen molar-refractivity contribution in [2.45, 2.75) is 19.3 Å². The fourth-order valence-electron chi connectivity index (χ4n) is 8.72. The van der Waals surface area contributed by atoms with Gasteiger partial charge in [0.25, 0.3) is 0 Å². The highest BCUT2D eigenvalue weighted by Crippen LogP contribution is 2.52. The Morgan fingerprint density at radius 1 is 0.333 bits per heavy atom. The van der Waals surface area contributed by atoms with Gasteiger partial charge < -0.3 is 4.90 Å². The van der Waals surface area contributed by atoms with E-state index in [4.69, 9.17) is 0 Å². The van der Waals surface area contributed by atoms with Crippen LogP contribution in [0.5, 0.6) is 0 Å². The van der Waals surface area contributed by atoms with Gasteiger partial charge in [0.05, 0.1) is 5.69 Å². The minimum atomic E-state index is -0.179. The second-order valence-electron chi connectivity index (χ2n) is 14.9. The third-order valence-corrected chi connectivity index (χ3v) is 11.5. The standard InChI is InChI=1S/C53H39N/c1-53(2)50-34-40(36-24-26-39(27-25-36)44-23-13-17-38-16-9-10-20-43(38)44)28-30-47(50)48-31-29-42(35-51(48)53)54(41-18-7-4-8-19-41)52-33-32-45(37-14-5-3-6-15-37)46-21-11-12-22-49(46)52/h3-35H,1-2H3. The van der Waals surface area contributed by atoms with E-state index in [0.29, 0.717) is 0 Å². The fourth-order valence-corrected chi connectivity index (χ4v) is 8.72. The van der Waals surface area contributed by atoms with Gasteiger partial charge in [-0.15, -0.1) is 0 Å². The molecule has 0 aliphatic heterocycles. The number of hydrogen-bond acceptors (Lipinski definition) is 1. The van der Waals surface area contributed by atoms with Crippen LogP contribution in [-0.2, 0) is 5.41 Å². The summed E-state index contributed by atoms with van der Waals surface area (Å²) in [4.78, 5) is 2.43. The number of nitrogens with zero attached hydrogens (tertiary/aromatic N) is 1. The summed E-state index contributed by atoms with van der Waals surface area (Å²) in [6.07, 6.45) is 0. The first kappa shape index (κ1) is 32.0. The van der Waals surface area contributed by atoms with Crippen LogP contribution in [0.4, 0.5) is 17.1 Å². The van der Waals surface area contributed by atoms with Crippen molar-refractivity contribution in [2.75, 3.05) is 4.90 Å². The molecule has 10 rings (SSSR count). The van der Waals surface area contributed by atoms with Crippen molar-refractivity contribution in [1.29, 1.82) is 0 Å². The number of hydrogen-bond donors (Lipinski definition) is 0. The molecule has 0 spiro atoms. The van der Waals surface area contributed by atoms with E-state index in [2.05, 4.69) is 219 Å². The summed E-state index contributed by atoms with van der Waals surface area (Å²) in [6.45, 7) is 4.76. The van der Waals surface area contributed by atoms with Crippen LogP contribution in [0.15, 0.2) is 200 Å². The predicted molar refractivity (Wildman–Crippen MR) is 230 cm³/mol. The van der Waals surface area contributed by atoms with Crippen LogP contribution in [0, 0.1) is 0 Å². The van der Waals surface area contributed by atoms with E-state index in [1.54, 1.807) is 0 Å². The molecule has 0 unspecified atom stereocenters. The molecule has 1 nitrogen and oxygen atoms in total. The molecule has 0 bridgehead atoms. The van der Waals surface area contributed by atoms with Gasteiger partial charge in [-0.1, -0.05) is 178 Å². The van der Waals surface area contributed by atoms with Crippen LogP contribution in [0.25, 0.3) is 66.1 Å². The van der Waals surface area contributed by atoms with Gasteiger partial charge in [-0.05, 0) is 108 Å². The van der Waals surface area contributed by atoms with Crippen molar-refractivity contribution in [2.24, 2.45) is 0 Å². The molecular weight excluding hydrogens is 651 g/mol. The summed E-state index contributed by atoms with van der Waals surface area (Å²) in [5, 5.41) is 5.02. The summed E-state index contributed by atoms with van der Waals surface area (Å²) in [7, 11) is 0. The monoisotopic (exact) mass is 689 g/mol. The molecule has 1 aliphatic rings. The zero-order valence-corrected chi connectivity index (χ0v) is 30.5. The minimum absolute atomic E-state index is 0.179. The van der Waals surface area contributed by atoms with Gasteiger partial charge in [-0.3, -0.25) is 0 Å². The molecule has 0 radical (unpaired) electrons. The molecule has 0 fully saturated rings. The van der Waals surface area contributed by atoms with Crippen LogP contribution in [0.2, 0.25) is 0 Å². The van der Waals surface area contributed by atoms with Crippen LogP contribution < -0.4 is 4.90 Å². The predicted octanol–water partition coefficient (Wildman–Crippen LogP) is 14.8. The van der Waals surface area contributed by atoms with E-state index in [9.17, 15) is 0 Å². The fraction of sp³-hybridized carbons (Fsp3) is 0.0566. The Morgan fingerprint density at radius 3 is 1.65 bits per heavy atom. The van der Waals surface area contributed by atoms with Gasteiger partial charge in [-0.2, -0.15) is 0 Å². The van der Waals surface area contributed by atoms with E-state index in [1.165, 1.54) is 82.9 Å². The smallest absolute Gasteiger partial charge is 0.0540 e. The molecule has 1 aliphatic carbocycles. The minimum Gasteiger partial charge on any atom is -0.310 e. The molecule has 1 heteroatoms. The Bertz CT molecular complexity index is 2830. The molecule has 9 aromatic rings. The molecular formula is C53H39N. The van der Waals surface area contributed by atoms with Gasteiger partial charge in [0.15, 0.2) is 0 Å². The SMILES string of the molecule is CC1(C)c2cc(-c3ccc(-c4cccc5ccccc45)cc3)ccc2-c2ccc(N(c3ccccc3)c3ccc(-c4ccccc4)c4ccccc34)cc21. The third kappa shape index (κ3) is 5.24. The van der Waals surface area contributed by atoms with Gasteiger partial charge in [-0.25, -0.2) is 0 Å². The zero-order valence-electron chi connectivity index (χ0n) is 30.5. The van der Waals surface area contributed by atoms with Crippen molar-refractivity contribution in [1.82, 2.24) is 0 Å². The molecule has 0 amide bonds. The van der Waals surface area contributed by atoms with Gasteiger partial charge in [0.2, 0.25) is 0 Å². The first-order chi connectivity index (χ1) is 26.5. The van der Waals surface area contributed by atoms with Crippen LogP contribution in [-0.4, -0.2) is 0 Å². The maximum Gasteiger partial charge on any atom is 0.0540 e. The van der Waals surface area contributed by atoms with Crippen LogP contribution >= 0.6 is 0 Å². The first-order valence-corrected chi connectivity index (χ1v) is 18.8. The molecule has 9 aromatic carbocycles. The van der Waals surface area contributed by atoms with Crippen molar-refractivity contribution < 1.29 is 0 Å². The lowest BCUT2D eigenvalue weighted by Gasteiger charge is -2.29.